The van der Waals surface area contributed by atoms with E-state index in [0.717, 1.165) is 23.5 Å². The number of nitrogens with zero attached hydrogens (tertiary/aromatic N) is 2. The largest absolute Gasteiger partial charge is 0.395 e. The fourth-order valence-corrected chi connectivity index (χ4v) is 3.99. The van der Waals surface area contributed by atoms with Gasteiger partial charge in [0.25, 0.3) is 11.8 Å². The molecule has 0 saturated carbocycles. The van der Waals surface area contributed by atoms with Crippen LogP contribution >= 0.6 is 11.5 Å². The van der Waals surface area contributed by atoms with E-state index in [1.165, 1.54) is 4.90 Å². The second-order valence-electron chi connectivity index (χ2n) is 7.88. The van der Waals surface area contributed by atoms with Gasteiger partial charge in [-0.1, -0.05) is 45.4 Å². The van der Waals surface area contributed by atoms with Gasteiger partial charge in [-0.15, -0.1) is 0 Å². The number of nitrogens with two attached hydrogens (primary N) is 2. The van der Waals surface area contributed by atoms with Crippen molar-refractivity contribution < 1.29 is 14.4 Å². The zero-order valence-corrected chi connectivity index (χ0v) is 19.3. The second-order valence-corrected chi connectivity index (χ2v) is 8.65. The van der Waals surface area contributed by atoms with Crippen molar-refractivity contribution in [2.24, 2.45) is 11.7 Å². The van der Waals surface area contributed by atoms with Crippen LogP contribution in [0.5, 0.6) is 0 Å². The monoisotopic (exact) mass is 445 g/mol. The van der Waals surface area contributed by atoms with Crippen molar-refractivity contribution in [3.05, 3.63) is 40.4 Å². The van der Waals surface area contributed by atoms with Gasteiger partial charge in [0.05, 0.1) is 5.69 Å². The van der Waals surface area contributed by atoms with Crippen molar-refractivity contribution >= 4 is 40.6 Å². The Hall–Kier alpha value is -2.94. The first kappa shape index (κ1) is 24.3. The van der Waals surface area contributed by atoms with E-state index in [0.29, 0.717) is 31.0 Å². The molecule has 8 nitrogen and oxygen atoms in total. The lowest BCUT2D eigenvalue weighted by molar-refractivity contribution is -0.122. The minimum atomic E-state index is -0.799. The van der Waals surface area contributed by atoms with Gasteiger partial charge in [0.2, 0.25) is 5.91 Å². The van der Waals surface area contributed by atoms with Gasteiger partial charge in [0, 0.05) is 12.2 Å². The Morgan fingerprint density at radius 2 is 1.87 bits per heavy atom. The molecule has 31 heavy (non-hydrogen) atoms. The highest BCUT2D eigenvalue weighted by Crippen LogP contribution is 2.30. The number of aromatic nitrogens is 1. The Kier molecular flexibility index (Phi) is 8.56. The number of para-hydroxylation sites is 1. The number of nitrogens with one attached hydrogen (secondary N) is 1. The molecule has 0 saturated heterocycles. The summed E-state index contributed by atoms with van der Waals surface area (Å²) in [6.07, 6.45) is 2.00. The van der Waals surface area contributed by atoms with Crippen LogP contribution < -0.4 is 21.7 Å². The maximum absolute atomic E-state index is 13.6. The Labute approximate surface area is 187 Å². The van der Waals surface area contributed by atoms with Crippen molar-refractivity contribution in [2.45, 2.75) is 53.0 Å². The molecule has 5 N–H and O–H groups in total. The number of amides is 3. The molecule has 1 aromatic heterocycles. The third-order valence-corrected chi connectivity index (χ3v) is 5.80. The van der Waals surface area contributed by atoms with E-state index < -0.39 is 17.9 Å². The van der Waals surface area contributed by atoms with Gasteiger partial charge in [0.1, 0.15) is 10.9 Å². The number of aryl methyl sites for hydroxylation is 1. The lowest BCUT2D eigenvalue weighted by Crippen LogP contribution is -2.50. The van der Waals surface area contributed by atoms with Crippen LogP contribution in [0.15, 0.2) is 24.3 Å². The van der Waals surface area contributed by atoms with Gasteiger partial charge in [-0.3, -0.25) is 19.3 Å². The van der Waals surface area contributed by atoms with E-state index in [9.17, 15) is 14.4 Å². The van der Waals surface area contributed by atoms with E-state index in [2.05, 4.69) is 23.5 Å². The van der Waals surface area contributed by atoms with Crippen LogP contribution in [-0.2, 0) is 4.79 Å². The number of nitrogen functional groups attached to an aromatic ring is 1. The average molecular weight is 446 g/mol. The minimum Gasteiger partial charge on any atom is -0.395 e. The van der Waals surface area contributed by atoms with Gasteiger partial charge < -0.3 is 16.8 Å². The van der Waals surface area contributed by atoms with Crippen LogP contribution in [0.4, 0.5) is 11.4 Å². The number of carbonyl (C=O) groups is 3. The Morgan fingerprint density at radius 1 is 1.19 bits per heavy atom. The van der Waals surface area contributed by atoms with Crippen molar-refractivity contribution in [3.8, 4) is 0 Å². The smallest absolute Gasteiger partial charge is 0.272 e. The van der Waals surface area contributed by atoms with E-state index in [1.807, 2.05) is 32.0 Å². The molecule has 3 amide bonds. The number of rotatable bonds is 10. The molecule has 1 heterocycles. The summed E-state index contributed by atoms with van der Waals surface area (Å²) < 4.78 is 3.95. The SMILES string of the molecule is CCC[C@@H](C(=O)NCCC(C)C)N(C(=O)c1snc(C(N)=O)c1N)c1ccccc1C. The number of carbonyl (C=O) groups excluding carboxylic acids is 3. The van der Waals surface area contributed by atoms with Crippen LogP contribution in [0.3, 0.4) is 0 Å². The zero-order chi connectivity index (χ0) is 23.1. The first-order chi connectivity index (χ1) is 14.7. The highest BCUT2D eigenvalue weighted by Gasteiger charge is 2.34. The van der Waals surface area contributed by atoms with Gasteiger partial charge in [-0.05, 0) is 48.8 Å². The van der Waals surface area contributed by atoms with Gasteiger partial charge in [-0.25, -0.2) is 0 Å². The fraction of sp³-hybridized carbons (Fsp3) is 0.455. The molecule has 0 aliphatic carbocycles. The molecule has 2 aromatic rings. The maximum Gasteiger partial charge on any atom is 0.272 e. The molecule has 1 aromatic carbocycles. The number of hydrogen-bond donors (Lipinski definition) is 3. The molecule has 1 atom stereocenters. The van der Waals surface area contributed by atoms with Crippen molar-refractivity contribution in [1.82, 2.24) is 9.69 Å². The molecule has 0 aliphatic rings. The molecular weight excluding hydrogens is 414 g/mol. The minimum absolute atomic E-state index is 0.0588. The van der Waals surface area contributed by atoms with Gasteiger partial charge >= 0.3 is 0 Å². The topological polar surface area (TPSA) is 131 Å². The first-order valence-corrected chi connectivity index (χ1v) is 11.2. The third kappa shape index (κ3) is 5.81. The number of hydrogen-bond acceptors (Lipinski definition) is 6. The van der Waals surface area contributed by atoms with Crippen LogP contribution in [0, 0.1) is 12.8 Å². The van der Waals surface area contributed by atoms with E-state index in [-0.39, 0.29) is 22.2 Å². The molecule has 0 aliphatic heterocycles. The van der Waals surface area contributed by atoms with Crippen LogP contribution in [0.1, 0.15) is 65.8 Å². The average Bonchev–Trinajstić information content (AvgIpc) is 3.10. The molecule has 0 radical (unpaired) electrons. The summed E-state index contributed by atoms with van der Waals surface area (Å²) in [4.78, 5) is 39.9. The standard InChI is InChI=1S/C22H31N5O3S/c1-5-8-16(21(29)25-12-11-13(2)3)27(15-10-7-6-9-14(15)4)22(30)19-17(23)18(20(24)28)26-31-19/h6-7,9-10,13,16H,5,8,11-12,23H2,1-4H3,(H2,24,28)(H,25,29)/t16-/m0/s1. The summed E-state index contributed by atoms with van der Waals surface area (Å²) >= 11 is 0.812. The quantitative estimate of drug-likeness (QED) is 0.517. The molecule has 0 unspecified atom stereocenters. The van der Waals surface area contributed by atoms with Gasteiger partial charge in [-0.2, -0.15) is 4.37 Å². The Morgan fingerprint density at radius 3 is 2.42 bits per heavy atom. The maximum atomic E-state index is 13.6. The Bertz CT molecular complexity index is 941. The summed E-state index contributed by atoms with van der Waals surface area (Å²) in [5.41, 5.74) is 12.6. The van der Waals surface area contributed by atoms with Crippen LogP contribution in [0.2, 0.25) is 0 Å². The molecule has 0 fully saturated rings. The van der Waals surface area contributed by atoms with Gasteiger partial charge in [0.15, 0.2) is 5.69 Å². The fourth-order valence-electron chi connectivity index (χ4n) is 3.24. The molecule has 168 valence electrons. The number of benzene rings is 1. The normalized spacial score (nSPS) is 11.9. The second kappa shape index (κ2) is 10.9. The number of primary amides is 1. The summed E-state index contributed by atoms with van der Waals surface area (Å²) in [6.45, 7) is 8.53. The number of anilines is 2. The summed E-state index contributed by atoms with van der Waals surface area (Å²) in [5, 5.41) is 2.96. The summed E-state index contributed by atoms with van der Waals surface area (Å²) in [6, 6.07) is 6.62. The third-order valence-electron chi connectivity index (χ3n) is 4.95. The lowest BCUT2D eigenvalue weighted by Gasteiger charge is -2.32. The summed E-state index contributed by atoms with van der Waals surface area (Å²) in [5.74, 6) is -1.05. The zero-order valence-electron chi connectivity index (χ0n) is 18.5. The van der Waals surface area contributed by atoms with Crippen LogP contribution in [-0.4, -0.2) is 34.7 Å². The Balaban J connectivity index is 2.50. The molecular formula is C22H31N5O3S. The molecule has 9 heteroatoms. The van der Waals surface area contributed by atoms with Crippen molar-refractivity contribution in [3.63, 3.8) is 0 Å². The predicted molar refractivity (Wildman–Crippen MR) is 124 cm³/mol. The summed E-state index contributed by atoms with van der Waals surface area (Å²) in [7, 11) is 0. The highest BCUT2D eigenvalue weighted by atomic mass is 32.1. The van der Waals surface area contributed by atoms with E-state index >= 15 is 0 Å². The molecule has 0 spiro atoms. The molecule has 0 bridgehead atoms. The highest BCUT2D eigenvalue weighted by molar-refractivity contribution is 7.09. The lowest BCUT2D eigenvalue weighted by atomic mass is 10.0. The first-order valence-electron chi connectivity index (χ1n) is 10.4. The predicted octanol–water partition coefficient (Wildman–Crippen LogP) is 3.11. The van der Waals surface area contributed by atoms with Crippen molar-refractivity contribution in [2.75, 3.05) is 17.2 Å². The van der Waals surface area contributed by atoms with Crippen LogP contribution in [0.25, 0.3) is 0 Å². The molecule has 2 rings (SSSR count). The van der Waals surface area contributed by atoms with Crippen molar-refractivity contribution in [1.29, 1.82) is 0 Å². The van der Waals surface area contributed by atoms with E-state index in [4.69, 9.17) is 11.5 Å². The van der Waals surface area contributed by atoms with E-state index in [1.54, 1.807) is 6.07 Å².